The summed E-state index contributed by atoms with van der Waals surface area (Å²) in [7, 11) is -3.78. The molecule has 0 bridgehead atoms. The van der Waals surface area contributed by atoms with Crippen molar-refractivity contribution in [3.05, 3.63) is 41.8 Å². The third kappa shape index (κ3) is 5.76. The molecule has 1 unspecified atom stereocenters. The van der Waals surface area contributed by atoms with E-state index in [1.165, 1.54) is 23.5 Å². The molecular formula is C25H29FN10O2S3. The normalized spacial score (nSPS) is 17.8. The van der Waals surface area contributed by atoms with E-state index in [2.05, 4.69) is 49.9 Å². The zero-order valence-electron chi connectivity index (χ0n) is 22.2. The fraction of sp³-hybridized carbons (Fsp3) is 0.400. The Morgan fingerprint density at radius 2 is 1.90 bits per heavy atom. The molecule has 6 rings (SSSR count). The van der Waals surface area contributed by atoms with Crippen molar-refractivity contribution in [2.24, 2.45) is 0 Å². The number of aryl methyl sites for hydroxylation is 1. The van der Waals surface area contributed by atoms with Crippen LogP contribution in [0.5, 0.6) is 0 Å². The van der Waals surface area contributed by atoms with E-state index in [-0.39, 0.29) is 10.0 Å². The number of nitrogens with one attached hydrogen (secondary N) is 3. The van der Waals surface area contributed by atoms with Gasteiger partial charge >= 0.3 is 0 Å². The van der Waals surface area contributed by atoms with Gasteiger partial charge in [-0.1, -0.05) is 18.3 Å². The lowest BCUT2D eigenvalue weighted by atomic mass is 10.2. The Morgan fingerprint density at radius 1 is 1.12 bits per heavy atom. The monoisotopic (exact) mass is 616 g/mol. The van der Waals surface area contributed by atoms with Crippen LogP contribution in [0.2, 0.25) is 0 Å². The molecule has 1 aromatic carbocycles. The fourth-order valence-electron chi connectivity index (χ4n) is 5.01. The number of H-pyrrole nitrogens is 1. The minimum absolute atomic E-state index is 0.118. The smallest absolute Gasteiger partial charge is 0.263 e. The molecule has 1 atom stereocenters. The van der Waals surface area contributed by atoms with Crippen molar-refractivity contribution in [3.63, 3.8) is 0 Å². The maximum atomic E-state index is 13.9. The van der Waals surface area contributed by atoms with E-state index in [0.717, 1.165) is 27.5 Å². The van der Waals surface area contributed by atoms with Crippen LogP contribution in [0.4, 0.5) is 26.7 Å². The Kier molecular flexibility index (Phi) is 7.61. The summed E-state index contributed by atoms with van der Waals surface area (Å²) >= 11 is 6.88. The van der Waals surface area contributed by atoms with Crippen LogP contribution in [0, 0.1) is 0 Å². The van der Waals surface area contributed by atoms with E-state index in [4.69, 9.17) is 12.2 Å². The molecule has 41 heavy (non-hydrogen) atoms. The number of piperazine rings is 1. The zero-order chi connectivity index (χ0) is 28.6. The predicted molar refractivity (Wildman–Crippen MR) is 162 cm³/mol. The third-order valence-electron chi connectivity index (χ3n) is 7.17. The molecule has 16 heteroatoms. The SMILES string of the molecule is CCc1nnc(NS(=O)(=O)c2ccc(NC(=S)N3CCN(c4ncnc5[nH]cc(N6CCC(F)C6)c45)CC3)cc2)s1. The number of halogens is 1. The van der Waals surface area contributed by atoms with E-state index in [0.29, 0.717) is 62.9 Å². The largest absolute Gasteiger partial charge is 0.367 e. The topological polar surface area (TPSA) is 135 Å². The number of rotatable bonds is 7. The minimum atomic E-state index is -3.78. The van der Waals surface area contributed by atoms with Gasteiger partial charge in [-0.25, -0.2) is 22.8 Å². The molecule has 216 valence electrons. The molecule has 0 aliphatic carbocycles. The Morgan fingerprint density at radius 3 is 2.59 bits per heavy atom. The highest BCUT2D eigenvalue weighted by atomic mass is 32.2. The van der Waals surface area contributed by atoms with E-state index >= 15 is 0 Å². The van der Waals surface area contributed by atoms with Gasteiger partial charge in [0.1, 0.15) is 29.0 Å². The van der Waals surface area contributed by atoms with Gasteiger partial charge in [0.15, 0.2) is 5.11 Å². The molecule has 4 aromatic rings. The van der Waals surface area contributed by atoms with Gasteiger partial charge in [-0.15, -0.1) is 10.2 Å². The molecular weight excluding hydrogens is 588 g/mol. The van der Waals surface area contributed by atoms with Crippen molar-refractivity contribution in [2.75, 3.05) is 59.1 Å². The first-order valence-corrected chi connectivity index (χ1v) is 16.0. The van der Waals surface area contributed by atoms with Crippen molar-refractivity contribution in [1.82, 2.24) is 30.0 Å². The molecule has 5 heterocycles. The third-order valence-corrected chi connectivity index (χ3v) is 10.0. The summed E-state index contributed by atoms with van der Waals surface area (Å²) in [4.78, 5) is 18.6. The number of hydrogen-bond donors (Lipinski definition) is 3. The van der Waals surface area contributed by atoms with E-state index in [9.17, 15) is 12.8 Å². The van der Waals surface area contributed by atoms with Crippen LogP contribution in [0.1, 0.15) is 18.4 Å². The van der Waals surface area contributed by atoms with Gasteiger partial charge in [0, 0.05) is 51.2 Å². The molecule has 0 radical (unpaired) electrons. The maximum absolute atomic E-state index is 13.9. The van der Waals surface area contributed by atoms with Crippen LogP contribution in [-0.2, 0) is 16.4 Å². The standard InChI is InChI=1S/C25H29FN10O2S3/c1-2-20-31-32-24(40-20)33-41(37,38)18-5-3-17(4-6-18)30-25(39)35-11-9-34(10-12-35)23-21-19(36-8-7-16(26)14-36)13-27-22(21)28-15-29-23/h3-6,13,15-16H,2,7-12,14H2,1H3,(H,30,39)(H,32,33)(H,27,28,29). The molecule has 3 aromatic heterocycles. The summed E-state index contributed by atoms with van der Waals surface area (Å²) < 4.78 is 41.9. The lowest BCUT2D eigenvalue weighted by Crippen LogP contribution is -2.50. The van der Waals surface area contributed by atoms with Crippen LogP contribution < -0.4 is 19.8 Å². The molecule has 3 N–H and O–H groups in total. The minimum Gasteiger partial charge on any atom is -0.367 e. The van der Waals surface area contributed by atoms with Gasteiger partial charge in [0.05, 0.1) is 16.0 Å². The summed E-state index contributed by atoms with van der Waals surface area (Å²) in [5, 5.41) is 13.5. The van der Waals surface area contributed by atoms with E-state index in [1.54, 1.807) is 18.5 Å². The fourth-order valence-corrected chi connectivity index (χ4v) is 7.22. The second-order valence-corrected chi connectivity index (χ2v) is 12.9. The van der Waals surface area contributed by atoms with Gasteiger partial charge in [0.2, 0.25) is 5.13 Å². The molecule has 2 aliphatic heterocycles. The number of nitrogens with zero attached hydrogens (tertiary/aromatic N) is 7. The molecule has 2 aliphatic rings. The zero-order valence-corrected chi connectivity index (χ0v) is 24.7. The number of thiocarbonyl (C=S) groups is 1. The van der Waals surface area contributed by atoms with E-state index in [1.807, 2.05) is 13.1 Å². The second kappa shape index (κ2) is 11.3. The van der Waals surface area contributed by atoms with Gasteiger partial charge in [-0.2, -0.15) is 0 Å². The molecule has 12 nitrogen and oxygen atoms in total. The average molecular weight is 617 g/mol. The number of benzene rings is 1. The highest BCUT2D eigenvalue weighted by Gasteiger charge is 2.28. The van der Waals surface area contributed by atoms with Crippen LogP contribution >= 0.6 is 23.6 Å². The molecule has 0 amide bonds. The van der Waals surface area contributed by atoms with E-state index < -0.39 is 16.2 Å². The van der Waals surface area contributed by atoms with Crippen molar-refractivity contribution in [2.45, 2.75) is 30.8 Å². The van der Waals surface area contributed by atoms with Crippen LogP contribution in [-0.4, -0.2) is 89.0 Å². The summed E-state index contributed by atoms with van der Waals surface area (Å²) in [6.45, 7) is 5.71. The maximum Gasteiger partial charge on any atom is 0.263 e. The number of fused-ring (bicyclic) bond motifs is 1. The summed E-state index contributed by atoms with van der Waals surface area (Å²) in [5.41, 5.74) is 2.36. The van der Waals surface area contributed by atoms with Crippen LogP contribution in [0.25, 0.3) is 11.0 Å². The first-order chi connectivity index (χ1) is 19.8. The second-order valence-electron chi connectivity index (χ2n) is 9.82. The Labute approximate surface area is 246 Å². The van der Waals surface area contributed by atoms with Gasteiger partial charge in [-0.3, -0.25) is 4.72 Å². The Balaban J connectivity index is 1.07. The van der Waals surface area contributed by atoms with Gasteiger partial charge in [0.25, 0.3) is 10.0 Å². The van der Waals surface area contributed by atoms with Gasteiger partial charge < -0.3 is 25.0 Å². The van der Waals surface area contributed by atoms with Crippen LogP contribution in [0.3, 0.4) is 0 Å². The van der Waals surface area contributed by atoms with Crippen molar-refractivity contribution in [3.8, 4) is 0 Å². The summed E-state index contributed by atoms with van der Waals surface area (Å²) in [5.74, 6) is 0.831. The average Bonchev–Trinajstić information content (AvgIpc) is 3.72. The summed E-state index contributed by atoms with van der Waals surface area (Å²) in [6.07, 6.45) is 3.83. The number of anilines is 4. The molecule has 0 spiro atoms. The number of hydrogen-bond acceptors (Lipinski definition) is 10. The molecule has 2 saturated heterocycles. The van der Waals surface area contributed by atoms with Crippen molar-refractivity contribution in [1.29, 1.82) is 0 Å². The molecule has 0 saturated carbocycles. The number of alkyl halides is 1. The lowest BCUT2D eigenvalue weighted by molar-refractivity contribution is 0.364. The Hall–Kier alpha value is -3.63. The molecule has 2 fully saturated rings. The quantitative estimate of drug-likeness (QED) is 0.264. The van der Waals surface area contributed by atoms with Crippen molar-refractivity contribution >= 4 is 72.0 Å². The van der Waals surface area contributed by atoms with Crippen LogP contribution in [0.15, 0.2) is 41.7 Å². The number of aromatic amines is 1. The van der Waals surface area contributed by atoms with Gasteiger partial charge in [-0.05, 0) is 49.3 Å². The summed E-state index contributed by atoms with van der Waals surface area (Å²) in [6, 6.07) is 6.40. The highest BCUT2D eigenvalue weighted by Crippen LogP contribution is 2.35. The first kappa shape index (κ1) is 27.5. The first-order valence-electron chi connectivity index (χ1n) is 13.3. The Bertz CT molecular complexity index is 1650. The van der Waals surface area contributed by atoms with Crippen molar-refractivity contribution < 1.29 is 12.8 Å². The highest BCUT2D eigenvalue weighted by molar-refractivity contribution is 7.93. The lowest BCUT2D eigenvalue weighted by Gasteiger charge is -2.37. The number of aromatic nitrogens is 5. The predicted octanol–water partition coefficient (Wildman–Crippen LogP) is 3.24. The number of sulfonamides is 1.